The smallest absolute Gasteiger partial charge is 0.291 e. The highest BCUT2D eigenvalue weighted by Gasteiger charge is 2.15. The number of carbonyl (C=O) groups is 1. The van der Waals surface area contributed by atoms with E-state index in [2.05, 4.69) is 37.2 Å². The third-order valence-electron chi connectivity index (χ3n) is 3.61. The summed E-state index contributed by atoms with van der Waals surface area (Å²) in [5.74, 6) is 1.07. The minimum absolute atomic E-state index is 0.197. The van der Waals surface area contributed by atoms with Crippen molar-refractivity contribution >= 4 is 49.1 Å². The molecular formula is C19H16Br2N2O3. The monoisotopic (exact) mass is 478 g/mol. The van der Waals surface area contributed by atoms with E-state index in [1.807, 2.05) is 25.1 Å². The number of carbonyl (C=O) groups excluding carboxylic acids is 1. The lowest BCUT2D eigenvalue weighted by Gasteiger charge is -2.09. The first kappa shape index (κ1) is 18.5. The first-order valence-corrected chi connectivity index (χ1v) is 9.45. The zero-order chi connectivity index (χ0) is 18.7. The third-order valence-corrected chi connectivity index (χ3v) is 4.76. The van der Waals surface area contributed by atoms with Gasteiger partial charge in [-0.1, -0.05) is 15.9 Å². The van der Waals surface area contributed by atoms with E-state index >= 15 is 0 Å². The van der Waals surface area contributed by atoms with Crippen molar-refractivity contribution in [1.82, 2.24) is 0 Å². The number of hydrogen-bond donors (Lipinski definition) is 2. The lowest BCUT2D eigenvalue weighted by molar-refractivity contribution is 0.0997. The number of halogens is 2. The van der Waals surface area contributed by atoms with Crippen LogP contribution < -0.4 is 15.8 Å². The fourth-order valence-corrected chi connectivity index (χ4v) is 3.63. The van der Waals surface area contributed by atoms with Crippen LogP contribution in [-0.2, 0) is 0 Å². The standard InChI is InChI=1S/C19H16Br2N2O3/c1-2-25-12-4-6-16(15(22)10-12)23-19(24)18-8-7-17(26-18)13-5-3-11(20)9-14(13)21/h3-10H,2,22H2,1H3,(H,23,24). The van der Waals surface area contributed by atoms with Crippen LogP contribution in [0.25, 0.3) is 11.3 Å². The summed E-state index contributed by atoms with van der Waals surface area (Å²) in [6, 6.07) is 14.2. The Bertz CT molecular complexity index is 954. The summed E-state index contributed by atoms with van der Waals surface area (Å²) in [5.41, 5.74) is 7.75. The highest BCUT2D eigenvalue weighted by Crippen LogP contribution is 2.32. The van der Waals surface area contributed by atoms with Crippen molar-refractivity contribution in [2.75, 3.05) is 17.7 Å². The maximum atomic E-state index is 12.4. The molecule has 0 aliphatic rings. The average molecular weight is 480 g/mol. The highest BCUT2D eigenvalue weighted by atomic mass is 79.9. The number of nitrogens with two attached hydrogens (primary N) is 1. The van der Waals surface area contributed by atoms with E-state index in [4.69, 9.17) is 14.9 Å². The van der Waals surface area contributed by atoms with Crippen LogP contribution in [0.1, 0.15) is 17.5 Å². The van der Waals surface area contributed by atoms with Gasteiger partial charge in [-0.3, -0.25) is 4.79 Å². The number of benzene rings is 2. The number of anilines is 2. The molecule has 5 nitrogen and oxygen atoms in total. The molecule has 0 spiro atoms. The summed E-state index contributed by atoms with van der Waals surface area (Å²) >= 11 is 6.90. The number of nitrogen functional groups attached to an aromatic ring is 1. The van der Waals surface area contributed by atoms with Gasteiger partial charge >= 0.3 is 0 Å². The van der Waals surface area contributed by atoms with Gasteiger partial charge in [0.05, 0.1) is 18.0 Å². The van der Waals surface area contributed by atoms with Gasteiger partial charge in [-0.05, 0) is 65.3 Å². The van der Waals surface area contributed by atoms with E-state index in [-0.39, 0.29) is 11.7 Å². The first-order valence-electron chi connectivity index (χ1n) is 7.87. The molecule has 0 bridgehead atoms. The molecule has 3 N–H and O–H groups in total. The van der Waals surface area contributed by atoms with Crippen molar-refractivity contribution < 1.29 is 13.9 Å². The second kappa shape index (κ2) is 7.97. The van der Waals surface area contributed by atoms with Gasteiger partial charge < -0.3 is 20.2 Å². The minimum atomic E-state index is -0.375. The van der Waals surface area contributed by atoms with Crippen molar-refractivity contribution in [1.29, 1.82) is 0 Å². The number of furan rings is 1. The molecule has 3 rings (SSSR count). The molecule has 0 aliphatic carbocycles. The van der Waals surface area contributed by atoms with E-state index in [1.165, 1.54) is 0 Å². The molecule has 0 aliphatic heterocycles. The van der Waals surface area contributed by atoms with Crippen LogP contribution in [-0.4, -0.2) is 12.5 Å². The van der Waals surface area contributed by atoms with E-state index in [9.17, 15) is 4.79 Å². The molecule has 0 unspecified atom stereocenters. The molecule has 0 atom stereocenters. The molecule has 3 aromatic rings. The number of hydrogen-bond acceptors (Lipinski definition) is 4. The maximum Gasteiger partial charge on any atom is 0.291 e. The number of amides is 1. The Labute approximate surface area is 167 Å². The summed E-state index contributed by atoms with van der Waals surface area (Å²) in [4.78, 5) is 12.4. The summed E-state index contributed by atoms with van der Waals surface area (Å²) in [7, 11) is 0. The second-order valence-electron chi connectivity index (χ2n) is 5.42. The highest BCUT2D eigenvalue weighted by molar-refractivity contribution is 9.11. The van der Waals surface area contributed by atoms with Gasteiger partial charge in [0, 0.05) is 20.6 Å². The predicted molar refractivity (Wildman–Crippen MR) is 110 cm³/mol. The van der Waals surface area contributed by atoms with Crippen LogP contribution in [0, 0.1) is 0 Å². The Morgan fingerprint density at radius 1 is 1.15 bits per heavy atom. The van der Waals surface area contributed by atoms with Crippen LogP contribution >= 0.6 is 31.9 Å². The maximum absolute atomic E-state index is 12.4. The Balaban J connectivity index is 1.78. The molecule has 7 heteroatoms. The predicted octanol–water partition coefficient (Wildman–Crippen LogP) is 5.70. The molecule has 1 heterocycles. The molecule has 1 amide bonds. The quantitative estimate of drug-likeness (QED) is 0.460. The van der Waals surface area contributed by atoms with Gasteiger partial charge in [0.1, 0.15) is 11.5 Å². The average Bonchev–Trinajstić information content (AvgIpc) is 3.07. The second-order valence-corrected chi connectivity index (χ2v) is 7.19. The van der Waals surface area contributed by atoms with Crippen LogP contribution in [0.15, 0.2) is 61.9 Å². The fraction of sp³-hybridized carbons (Fsp3) is 0.105. The Morgan fingerprint density at radius 3 is 2.65 bits per heavy atom. The largest absolute Gasteiger partial charge is 0.494 e. The normalized spacial score (nSPS) is 10.6. The van der Waals surface area contributed by atoms with E-state index in [0.29, 0.717) is 29.5 Å². The molecule has 0 saturated heterocycles. The molecule has 0 saturated carbocycles. The SMILES string of the molecule is CCOc1ccc(NC(=O)c2ccc(-c3ccc(Br)cc3Br)o2)c(N)c1. The lowest BCUT2D eigenvalue weighted by atomic mass is 10.2. The molecule has 1 aromatic heterocycles. The van der Waals surface area contributed by atoms with Gasteiger partial charge in [0.25, 0.3) is 5.91 Å². The summed E-state index contributed by atoms with van der Waals surface area (Å²) in [6.07, 6.45) is 0. The van der Waals surface area contributed by atoms with E-state index in [0.717, 1.165) is 14.5 Å². The first-order chi connectivity index (χ1) is 12.5. The van der Waals surface area contributed by atoms with E-state index in [1.54, 1.807) is 30.3 Å². The Morgan fingerprint density at radius 2 is 1.96 bits per heavy atom. The third kappa shape index (κ3) is 4.11. The van der Waals surface area contributed by atoms with Crippen LogP contribution in [0.4, 0.5) is 11.4 Å². The molecule has 134 valence electrons. The summed E-state index contributed by atoms with van der Waals surface area (Å²) in [5, 5.41) is 2.75. The van der Waals surface area contributed by atoms with Crippen molar-refractivity contribution in [3.63, 3.8) is 0 Å². The van der Waals surface area contributed by atoms with Crippen LogP contribution in [0.2, 0.25) is 0 Å². The minimum Gasteiger partial charge on any atom is -0.494 e. The summed E-state index contributed by atoms with van der Waals surface area (Å²) in [6.45, 7) is 2.44. The molecule has 2 aromatic carbocycles. The topological polar surface area (TPSA) is 77.5 Å². The van der Waals surface area contributed by atoms with Crippen molar-refractivity contribution in [2.45, 2.75) is 6.92 Å². The van der Waals surface area contributed by atoms with Gasteiger partial charge in [0.15, 0.2) is 5.76 Å². The summed E-state index contributed by atoms with van der Waals surface area (Å²) < 4.78 is 12.9. The molecule has 0 radical (unpaired) electrons. The van der Waals surface area contributed by atoms with Gasteiger partial charge in [-0.25, -0.2) is 0 Å². The number of ether oxygens (including phenoxy) is 1. The number of rotatable bonds is 5. The van der Waals surface area contributed by atoms with Crippen molar-refractivity contribution in [2.24, 2.45) is 0 Å². The van der Waals surface area contributed by atoms with Gasteiger partial charge in [-0.2, -0.15) is 0 Å². The zero-order valence-corrected chi connectivity index (χ0v) is 17.1. The fourth-order valence-electron chi connectivity index (χ4n) is 2.39. The molecular weight excluding hydrogens is 464 g/mol. The van der Waals surface area contributed by atoms with Crippen molar-refractivity contribution in [3.8, 4) is 17.1 Å². The molecule has 26 heavy (non-hydrogen) atoms. The van der Waals surface area contributed by atoms with E-state index < -0.39 is 0 Å². The Kier molecular flexibility index (Phi) is 5.68. The van der Waals surface area contributed by atoms with Gasteiger partial charge in [0.2, 0.25) is 0 Å². The van der Waals surface area contributed by atoms with Gasteiger partial charge in [-0.15, -0.1) is 0 Å². The lowest BCUT2D eigenvalue weighted by Crippen LogP contribution is -2.12. The molecule has 0 fully saturated rings. The van der Waals surface area contributed by atoms with Crippen molar-refractivity contribution in [3.05, 3.63) is 63.2 Å². The van der Waals surface area contributed by atoms with Crippen LogP contribution in [0.5, 0.6) is 5.75 Å². The Hall–Kier alpha value is -2.25. The number of nitrogens with one attached hydrogen (secondary N) is 1. The zero-order valence-electron chi connectivity index (χ0n) is 13.9. The van der Waals surface area contributed by atoms with Crippen LogP contribution in [0.3, 0.4) is 0 Å².